The topological polar surface area (TPSA) is 98.1 Å². The number of amides is 1. The van der Waals surface area contributed by atoms with Crippen molar-refractivity contribution in [2.45, 2.75) is 38.3 Å². The quantitative estimate of drug-likeness (QED) is 0.630. The lowest BCUT2D eigenvalue weighted by Crippen LogP contribution is -2.64. The molecule has 0 aromatic rings. The van der Waals surface area contributed by atoms with Gasteiger partial charge >= 0.3 is 5.97 Å². The molecule has 2 aliphatic heterocycles. The second-order valence-corrected chi connectivity index (χ2v) is 5.99. The van der Waals surface area contributed by atoms with Crippen LogP contribution in [0.3, 0.4) is 0 Å². The van der Waals surface area contributed by atoms with Gasteiger partial charge in [0.2, 0.25) is 5.91 Å². The lowest BCUT2D eigenvalue weighted by Gasteiger charge is -2.47. The molecule has 1 saturated heterocycles. The highest BCUT2D eigenvalue weighted by atomic mass is 16.4. The number of carboxylic acids is 1. The highest BCUT2D eigenvalue weighted by Gasteiger charge is 2.62. The van der Waals surface area contributed by atoms with E-state index < -0.39 is 18.0 Å². The van der Waals surface area contributed by atoms with E-state index in [2.05, 4.69) is 0 Å². The Balaban J connectivity index is 2.04. The van der Waals surface area contributed by atoms with Gasteiger partial charge in [0.1, 0.15) is 5.70 Å². The van der Waals surface area contributed by atoms with Crippen LogP contribution in [0.5, 0.6) is 0 Å². The van der Waals surface area contributed by atoms with Gasteiger partial charge in [0.25, 0.3) is 0 Å². The minimum Gasteiger partial charge on any atom is -0.477 e. The summed E-state index contributed by atoms with van der Waals surface area (Å²) in [4.78, 5) is 25.0. The van der Waals surface area contributed by atoms with Gasteiger partial charge in [-0.15, -0.1) is 0 Å². The predicted octanol–water partition coefficient (Wildman–Crippen LogP) is -0.0449. The van der Waals surface area contributed by atoms with Gasteiger partial charge in [-0.05, 0) is 25.3 Å². The van der Waals surface area contributed by atoms with Gasteiger partial charge in [0.15, 0.2) is 0 Å². The van der Waals surface area contributed by atoms with Crippen LogP contribution in [0.15, 0.2) is 11.3 Å². The van der Waals surface area contributed by atoms with Crippen LogP contribution in [0.2, 0.25) is 0 Å². The number of fused-ring (bicyclic) bond motifs is 3. The molecule has 0 aromatic heterocycles. The summed E-state index contributed by atoms with van der Waals surface area (Å²) in [6, 6.07) is -0.238. The van der Waals surface area contributed by atoms with Crippen LogP contribution in [0.4, 0.5) is 0 Å². The van der Waals surface area contributed by atoms with Crippen molar-refractivity contribution in [2.24, 2.45) is 17.8 Å². The smallest absolute Gasteiger partial charge is 0.352 e. The summed E-state index contributed by atoms with van der Waals surface area (Å²) in [6.07, 6.45) is 1.72. The summed E-state index contributed by atoms with van der Waals surface area (Å²) in [7, 11) is 0. The van der Waals surface area contributed by atoms with Crippen LogP contribution in [0.1, 0.15) is 26.2 Å². The molecule has 0 spiro atoms. The Morgan fingerprint density at radius 1 is 1.45 bits per heavy atom. The van der Waals surface area contributed by atoms with Crippen molar-refractivity contribution < 1.29 is 24.9 Å². The van der Waals surface area contributed by atoms with Crippen LogP contribution in [-0.2, 0) is 9.59 Å². The van der Waals surface area contributed by atoms with Gasteiger partial charge in [0, 0.05) is 18.4 Å². The zero-order chi connectivity index (χ0) is 14.6. The largest absolute Gasteiger partial charge is 0.477 e. The molecule has 1 aliphatic carbocycles. The molecule has 3 rings (SSSR count). The van der Waals surface area contributed by atoms with E-state index in [1.807, 2.05) is 0 Å². The van der Waals surface area contributed by atoms with Gasteiger partial charge < -0.3 is 20.2 Å². The summed E-state index contributed by atoms with van der Waals surface area (Å²) in [6.45, 7) is 1.49. The van der Waals surface area contributed by atoms with E-state index in [0.717, 1.165) is 19.3 Å². The number of β-lactam (4-membered cyclic amide) rings is 1. The first kappa shape index (κ1) is 13.6. The zero-order valence-electron chi connectivity index (χ0n) is 11.3. The van der Waals surface area contributed by atoms with Gasteiger partial charge in [0.05, 0.1) is 18.1 Å². The minimum atomic E-state index is -1.11. The van der Waals surface area contributed by atoms with Crippen LogP contribution < -0.4 is 0 Å². The lowest BCUT2D eigenvalue weighted by atomic mass is 9.69. The van der Waals surface area contributed by atoms with Crippen molar-refractivity contribution in [3.05, 3.63) is 11.3 Å². The highest BCUT2D eigenvalue weighted by molar-refractivity contribution is 6.00. The molecule has 0 radical (unpaired) electrons. The summed E-state index contributed by atoms with van der Waals surface area (Å²) in [5.41, 5.74) is 0.772. The third-order valence-corrected chi connectivity index (χ3v) is 4.96. The maximum atomic E-state index is 12.1. The number of hydrogen-bond acceptors (Lipinski definition) is 4. The Morgan fingerprint density at radius 2 is 2.15 bits per heavy atom. The molecule has 6 heteroatoms. The number of nitrogens with zero attached hydrogens (tertiary/aromatic N) is 1. The van der Waals surface area contributed by atoms with E-state index >= 15 is 0 Å². The van der Waals surface area contributed by atoms with Gasteiger partial charge in [-0.2, -0.15) is 0 Å². The molecule has 0 aromatic carbocycles. The molecule has 110 valence electrons. The molecule has 0 bridgehead atoms. The van der Waals surface area contributed by atoms with Crippen LogP contribution in [0.25, 0.3) is 0 Å². The van der Waals surface area contributed by atoms with E-state index in [1.54, 1.807) is 6.92 Å². The number of aliphatic hydroxyl groups excluding tert-OH is 2. The van der Waals surface area contributed by atoms with Crippen LogP contribution in [0, 0.1) is 17.8 Å². The molecular weight excluding hydrogens is 262 g/mol. The first-order chi connectivity index (χ1) is 9.49. The van der Waals surface area contributed by atoms with E-state index in [1.165, 1.54) is 4.90 Å². The predicted molar refractivity (Wildman–Crippen MR) is 68.4 cm³/mol. The van der Waals surface area contributed by atoms with E-state index in [-0.39, 0.29) is 36.1 Å². The second-order valence-electron chi connectivity index (χ2n) is 5.99. The fraction of sp³-hybridized carbons (Fsp3) is 0.714. The second kappa shape index (κ2) is 4.56. The van der Waals surface area contributed by atoms with E-state index in [0.29, 0.717) is 5.57 Å². The van der Waals surface area contributed by atoms with Crippen molar-refractivity contribution >= 4 is 11.9 Å². The molecule has 5 atom stereocenters. The molecule has 2 heterocycles. The first-order valence-corrected chi connectivity index (χ1v) is 7.08. The number of carbonyl (C=O) groups excluding carboxylic acids is 1. The van der Waals surface area contributed by atoms with Crippen LogP contribution >= 0.6 is 0 Å². The lowest BCUT2D eigenvalue weighted by molar-refractivity contribution is -0.163. The van der Waals surface area contributed by atoms with Gasteiger partial charge in [-0.1, -0.05) is 6.42 Å². The summed E-state index contributed by atoms with van der Waals surface area (Å²) in [5.74, 6) is -2.12. The molecule has 2 fully saturated rings. The monoisotopic (exact) mass is 281 g/mol. The molecular formula is C14H19NO5. The van der Waals surface area contributed by atoms with Crippen molar-refractivity contribution in [2.75, 3.05) is 6.61 Å². The first-order valence-electron chi connectivity index (χ1n) is 7.08. The average Bonchev–Trinajstić information content (AvgIpc) is 2.69. The summed E-state index contributed by atoms with van der Waals surface area (Å²) in [5, 5.41) is 28.7. The standard InChI is InChI=1S/C14H19NO5/c1-6(17)9-11-8-4-2-3-7(5-16)10(8)12(14(19)20)15(11)13(9)18/h6-9,11,16-17H,2-5H2,1H3,(H,19,20)/t6?,7-,8+,9-,11-/m1/s1. The number of aliphatic carboxylic acids is 1. The van der Waals surface area contributed by atoms with E-state index in [4.69, 9.17) is 0 Å². The summed E-state index contributed by atoms with van der Waals surface area (Å²) < 4.78 is 0. The Kier molecular flexibility index (Phi) is 3.10. The molecule has 1 saturated carbocycles. The van der Waals surface area contributed by atoms with Crippen molar-refractivity contribution in [1.82, 2.24) is 4.90 Å². The Morgan fingerprint density at radius 3 is 2.70 bits per heavy atom. The third kappa shape index (κ3) is 1.58. The van der Waals surface area contributed by atoms with E-state index in [9.17, 15) is 24.9 Å². The maximum Gasteiger partial charge on any atom is 0.352 e. The molecule has 20 heavy (non-hydrogen) atoms. The number of rotatable bonds is 3. The van der Waals surface area contributed by atoms with Crippen molar-refractivity contribution in [3.63, 3.8) is 0 Å². The highest BCUT2D eigenvalue weighted by Crippen LogP contribution is 2.53. The zero-order valence-corrected chi connectivity index (χ0v) is 11.3. The van der Waals surface area contributed by atoms with Gasteiger partial charge in [-0.25, -0.2) is 4.79 Å². The summed E-state index contributed by atoms with van der Waals surface area (Å²) >= 11 is 0. The molecule has 6 nitrogen and oxygen atoms in total. The normalized spacial score (nSPS) is 37.4. The van der Waals surface area contributed by atoms with Gasteiger partial charge in [-0.3, -0.25) is 4.79 Å². The Labute approximate surface area is 116 Å². The SMILES string of the molecule is CC(O)[C@H]1C(=O)N2C(C(=O)O)=C3[C@@H](CO)CCC[C@@H]3[C@H]12. The van der Waals surface area contributed by atoms with Crippen LogP contribution in [-0.4, -0.2) is 50.8 Å². The maximum absolute atomic E-state index is 12.1. The molecule has 3 N–H and O–H groups in total. The average molecular weight is 281 g/mol. The minimum absolute atomic E-state index is 0.0238. The Bertz CT molecular complexity index is 498. The number of hydrogen-bond donors (Lipinski definition) is 3. The fourth-order valence-corrected chi connectivity index (χ4v) is 4.19. The number of aliphatic hydroxyl groups is 2. The van der Waals surface area contributed by atoms with Crippen molar-refractivity contribution in [1.29, 1.82) is 0 Å². The third-order valence-electron chi connectivity index (χ3n) is 4.96. The molecule has 3 aliphatic rings. The number of carboxylic acid groups (broad SMARTS) is 1. The fourth-order valence-electron chi connectivity index (χ4n) is 4.19. The Hall–Kier alpha value is -1.40. The number of carbonyl (C=O) groups is 2. The molecule has 1 unspecified atom stereocenters. The van der Waals surface area contributed by atoms with Crippen molar-refractivity contribution in [3.8, 4) is 0 Å². The molecule has 1 amide bonds.